The third kappa shape index (κ3) is 3.36. The molecule has 1 heterocycles. The Labute approximate surface area is 146 Å². The second-order valence-electron chi connectivity index (χ2n) is 5.76. The lowest BCUT2D eigenvalue weighted by Gasteiger charge is -2.13. The van der Waals surface area contributed by atoms with Crippen LogP contribution in [0.4, 0.5) is 0 Å². The van der Waals surface area contributed by atoms with E-state index in [0.29, 0.717) is 29.6 Å². The molecule has 124 valence electrons. The van der Waals surface area contributed by atoms with E-state index in [1.165, 1.54) is 0 Å². The Kier molecular flexibility index (Phi) is 4.71. The molecule has 2 aromatic carbocycles. The molecule has 1 atom stereocenters. The van der Waals surface area contributed by atoms with Crippen molar-refractivity contribution >= 4 is 23.3 Å². The number of phenolic OH excluding ortho intramolecular Hbond substituents is 1. The number of nitrogens with zero attached hydrogens (tertiary/aromatic N) is 3. The Morgan fingerprint density at radius 3 is 2.79 bits per heavy atom. The molecule has 1 aliphatic rings. The van der Waals surface area contributed by atoms with E-state index in [2.05, 4.69) is 10.1 Å². The first-order chi connectivity index (χ1) is 11.6. The predicted octanol–water partition coefficient (Wildman–Crippen LogP) is 3.22. The van der Waals surface area contributed by atoms with Crippen molar-refractivity contribution < 1.29 is 5.11 Å². The highest BCUT2D eigenvalue weighted by Gasteiger charge is 2.28. The van der Waals surface area contributed by atoms with Crippen molar-refractivity contribution in [3.05, 3.63) is 64.7 Å². The third-order valence-electron chi connectivity index (χ3n) is 3.94. The van der Waals surface area contributed by atoms with Gasteiger partial charge in [-0.05, 0) is 17.7 Å². The fourth-order valence-electron chi connectivity index (χ4n) is 2.64. The van der Waals surface area contributed by atoms with Crippen LogP contribution in [0.2, 0.25) is 5.02 Å². The molecule has 0 saturated carbocycles. The molecule has 5 nitrogen and oxygen atoms in total. The zero-order valence-electron chi connectivity index (χ0n) is 13.4. The number of aliphatic imine (C=N–C) groups is 1. The number of para-hydroxylation sites is 1. The molecule has 0 spiro atoms. The van der Waals surface area contributed by atoms with E-state index >= 15 is 0 Å². The lowest BCUT2D eigenvalue weighted by atomic mass is 9.99. The maximum Gasteiger partial charge on any atom is 0.212 e. The number of benzene rings is 2. The van der Waals surface area contributed by atoms with Gasteiger partial charge in [0.05, 0.1) is 23.8 Å². The maximum atomic E-state index is 10.2. The molecule has 1 aliphatic heterocycles. The van der Waals surface area contributed by atoms with Crippen molar-refractivity contribution in [2.75, 3.05) is 6.54 Å². The molecule has 3 N–H and O–H groups in total. The molecule has 0 unspecified atom stereocenters. The highest BCUT2D eigenvalue weighted by molar-refractivity contribution is 6.32. The van der Waals surface area contributed by atoms with Crippen LogP contribution in [0.25, 0.3) is 0 Å². The van der Waals surface area contributed by atoms with Crippen LogP contribution in [0.1, 0.15) is 18.1 Å². The summed E-state index contributed by atoms with van der Waals surface area (Å²) in [5.74, 6) is 0.522. The molecule has 0 radical (unpaired) electrons. The first kappa shape index (κ1) is 16.3. The summed E-state index contributed by atoms with van der Waals surface area (Å²) in [6.45, 7) is 3.15. The summed E-state index contributed by atoms with van der Waals surface area (Å²) >= 11 is 5.99. The molecule has 0 saturated heterocycles. The van der Waals surface area contributed by atoms with E-state index in [1.54, 1.807) is 23.2 Å². The number of hydrogen-bond acceptors (Lipinski definition) is 3. The molecular formula is C18H19ClN4O. The first-order valence-corrected chi connectivity index (χ1v) is 8.12. The first-order valence-electron chi connectivity index (χ1n) is 7.74. The summed E-state index contributed by atoms with van der Waals surface area (Å²) in [7, 11) is 0. The van der Waals surface area contributed by atoms with Crippen LogP contribution in [0, 0.1) is 5.92 Å². The number of halogens is 1. The molecular weight excluding hydrogens is 324 g/mol. The van der Waals surface area contributed by atoms with Crippen molar-refractivity contribution in [1.29, 1.82) is 0 Å². The summed E-state index contributed by atoms with van der Waals surface area (Å²) in [5, 5.41) is 16.7. The van der Waals surface area contributed by atoms with E-state index in [-0.39, 0.29) is 11.7 Å². The molecule has 6 heteroatoms. The quantitative estimate of drug-likeness (QED) is 0.664. The summed E-state index contributed by atoms with van der Waals surface area (Å²) in [4.78, 5) is 4.40. The standard InChI is InChI=1S/C18H19ClN4O/c1-12-11-23(18(20)21-10-13-6-3-2-4-7-13)22-16(12)14-8-5-9-15(19)17(14)24/h2-9,12,24H,10-11H2,1H3,(H2,20,21)/t12-/m1/s1. The second-order valence-corrected chi connectivity index (χ2v) is 6.17. The topological polar surface area (TPSA) is 74.2 Å². The molecule has 24 heavy (non-hydrogen) atoms. The summed E-state index contributed by atoms with van der Waals surface area (Å²) in [6, 6.07) is 15.2. The minimum Gasteiger partial charge on any atom is -0.506 e. The van der Waals surface area contributed by atoms with Crippen molar-refractivity contribution in [3.63, 3.8) is 0 Å². The van der Waals surface area contributed by atoms with E-state index < -0.39 is 0 Å². The van der Waals surface area contributed by atoms with E-state index in [4.69, 9.17) is 17.3 Å². The highest BCUT2D eigenvalue weighted by Crippen LogP contribution is 2.31. The van der Waals surface area contributed by atoms with Crippen LogP contribution in [-0.4, -0.2) is 28.3 Å². The van der Waals surface area contributed by atoms with Crippen LogP contribution in [0.5, 0.6) is 5.75 Å². The van der Waals surface area contributed by atoms with E-state index in [0.717, 1.165) is 11.3 Å². The zero-order valence-corrected chi connectivity index (χ0v) is 14.1. The molecule has 0 amide bonds. The number of nitrogens with two attached hydrogens (primary N) is 1. The van der Waals surface area contributed by atoms with Gasteiger partial charge in [0.25, 0.3) is 0 Å². The summed E-state index contributed by atoms with van der Waals surface area (Å²) in [5.41, 5.74) is 8.55. The molecule has 0 fully saturated rings. The molecule has 3 rings (SSSR count). The fourth-order valence-corrected chi connectivity index (χ4v) is 2.81. The minimum absolute atomic E-state index is 0.0476. The van der Waals surface area contributed by atoms with Crippen LogP contribution < -0.4 is 5.73 Å². The Balaban J connectivity index is 1.80. The Bertz CT molecular complexity index is 789. The van der Waals surface area contributed by atoms with Crippen LogP contribution in [0.15, 0.2) is 58.6 Å². The molecule has 0 aromatic heterocycles. The monoisotopic (exact) mass is 342 g/mol. The van der Waals surface area contributed by atoms with Gasteiger partial charge < -0.3 is 10.8 Å². The van der Waals surface area contributed by atoms with Gasteiger partial charge in [0.15, 0.2) is 0 Å². The molecule has 2 aromatic rings. The Morgan fingerprint density at radius 1 is 1.29 bits per heavy atom. The van der Waals surface area contributed by atoms with Gasteiger partial charge >= 0.3 is 0 Å². The van der Waals surface area contributed by atoms with Crippen molar-refractivity contribution in [3.8, 4) is 5.75 Å². The van der Waals surface area contributed by atoms with Gasteiger partial charge in [-0.25, -0.2) is 10.0 Å². The van der Waals surface area contributed by atoms with Gasteiger partial charge in [0.1, 0.15) is 5.75 Å². The van der Waals surface area contributed by atoms with Crippen molar-refractivity contribution in [2.45, 2.75) is 13.5 Å². The largest absolute Gasteiger partial charge is 0.506 e. The van der Waals surface area contributed by atoms with Crippen LogP contribution in [0.3, 0.4) is 0 Å². The Morgan fingerprint density at radius 2 is 2.04 bits per heavy atom. The van der Waals surface area contributed by atoms with Gasteiger partial charge in [-0.3, -0.25) is 0 Å². The number of phenols is 1. The van der Waals surface area contributed by atoms with E-state index in [9.17, 15) is 5.11 Å². The number of aromatic hydroxyl groups is 1. The average molecular weight is 343 g/mol. The fraction of sp³-hybridized carbons (Fsp3) is 0.222. The smallest absolute Gasteiger partial charge is 0.212 e. The molecule has 0 aliphatic carbocycles. The summed E-state index contributed by atoms with van der Waals surface area (Å²) in [6.07, 6.45) is 0. The lowest BCUT2D eigenvalue weighted by molar-refractivity contribution is 0.449. The van der Waals surface area contributed by atoms with Gasteiger partial charge in [0.2, 0.25) is 5.96 Å². The number of guanidine groups is 1. The highest BCUT2D eigenvalue weighted by atomic mass is 35.5. The van der Waals surface area contributed by atoms with Crippen molar-refractivity contribution in [1.82, 2.24) is 5.01 Å². The van der Waals surface area contributed by atoms with Crippen LogP contribution >= 0.6 is 11.6 Å². The third-order valence-corrected chi connectivity index (χ3v) is 4.24. The Hall–Kier alpha value is -2.53. The van der Waals surface area contributed by atoms with E-state index in [1.807, 2.05) is 37.3 Å². The predicted molar refractivity (Wildman–Crippen MR) is 97.3 cm³/mol. The number of hydrogen-bond donors (Lipinski definition) is 2. The zero-order chi connectivity index (χ0) is 17.1. The summed E-state index contributed by atoms with van der Waals surface area (Å²) < 4.78 is 0. The SMILES string of the molecule is C[C@@H]1CN(C(N)=NCc2ccccc2)N=C1c1cccc(Cl)c1O. The van der Waals surface area contributed by atoms with Gasteiger partial charge in [0, 0.05) is 11.5 Å². The number of hydrazone groups is 1. The van der Waals surface area contributed by atoms with Crippen LogP contribution in [-0.2, 0) is 6.54 Å². The maximum absolute atomic E-state index is 10.2. The number of rotatable bonds is 3. The van der Waals surface area contributed by atoms with Gasteiger partial charge in [-0.1, -0.05) is 54.9 Å². The molecule has 0 bridgehead atoms. The minimum atomic E-state index is 0.0476. The van der Waals surface area contributed by atoms with Crippen molar-refractivity contribution in [2.24, 2.45) is 21.7 Å². The normalized spacial score (nSPS) is 17.9. The van der Waals surface area contributed by atoms with Gasteiger partial charge in [-0.2, -0.15) is 5.10 Å². The second kappa shape index (κ2) is 6.93. The average Bonchev–Trinajstić information content (AvgIpc) is 2.98. The lowest BCUT2D eigenvalue weighted by Crippen LogP contribution is -2.32. The van der Waals surface area contributed by atoms with Gasteiger partial charge in [-0.15, -0.1) is 0 Å².